The molecule has 0 spiro atoms. The van der Waals surface area contributed by atoms with Crippen molar-refractivity contribution in [2.24, 2.45) is 0 Å². The lowest BCUT2D eigenvalue weighted by atomic mass is 10.2. The summed E-state index contributed by atoms with van der Waals surface area (Å²) >= 11 is 0. The number of hydrogen-bond donors (Lipinski definition) is 0. The van der Waals surface area contributed by atoms with Crippen molar-refractivity contribution in [1.29, 1.82) is 0 Å². The summed E-state index contributed by atoms with van der Waals surface area (Å²) in [7, 11) is -5.79. The molecule has 2 fully saturated rings. The number of ether oxygens (including phenoxy) is 2. The van der Waals surface area contributed by atoms with E-state index in [1.54, 1.807) is 15.3 Å². The highest BCUT2D eigenvalue weighted by Crippen LogP contribution is 2.37. The number of aryl methyl sites for hydroxylation is 1. The number of anilines is 2. The minimum absolute atomic E-state index is 0.0380. The predicted octanol–water partition coefficient (Wildman–Crippen LogP) is 9.52. The fourth-order valence-electron chi connectivity index (χ4n) is 5.51. The number of nitrogens with zero attached hydrogens (tertiary/aromatic N) is 6. The van der Waals surface area contributed by atoms with E-state index in [9.17, 15) is 9.59 Å². The van der Waals surface area contributed by atoms with Gasteiger partial charge in [-0.05, 0) is 80.1 Å². The summed E-state index contributed by atoms with van der Waals surface area (Å²) in [6, 6.07) is 2.19. The van der Waals surface area contributed by atoms with Gasteiger partial charge >= 0.3 is 0 Å². The van der Waals surface area contributed by atoms with Crippen LogP contribution in [0.15, 0.2) is 28.1 Å². The van der Waals surface area contributed by atoms with E-state index < -0.39 is 32.8 Å². The van der Waals surface area contributed by atoms with Crippen molar-refractivity contribution in [1.82, 2.24) is 19.1 Å². The molecule has 2 aromatic heterocycles. The first-order chi connectivity index (χ1) is 27.6. The van der Waals surface area contributed by atoms with Crippen LogP contribution < -0.4 is 20.9 Å². The molecule has 4 heterocycles. The average Bonchev–Trinajstić information content (AvgIpc) is 3.05. The Morgan fingerprint density at radius 2 is 1.08 bits per heavy atom. The molecule has 2 aromatic rings. The Morgan fingerprint density at radius 3 is 1.52 bits per heavy atom. The fourth-order valence-corrected chi connectivity index (χ4v) is 9.05. The first kappa shape index (κ1) is 52.2. The molecule has 2 aliphatic rings. The highest BCUT2D eigenvalue weighted by molar-refractivity contribution is 6.76. The summed E-state index contributed by atoms with van der Waals surface area (Å²) in [4.78, 5) is 39.2. The SMILES string of the molecule is CC(C)(C)[Si](C)(C)OC/C=C/c1cn(COCC[Si](C)(C)C)c(=O)c(N2CCC2)n1.CC(C)(C)[Si](C)(C)OCCCc1cn(COCC[Si](C)(C)C)c(=O)c(N2CCC2)n1. The quantitative estimate of drug-likeness (QED) is 0.0887. The Kier molecular flexibility index (Phi) is 19.1. The lowest BCUT2D eigenvalue weighted by Gasteiger charge is -2.36. The van der Waals surface area contributed by atoms with Gasteiger partial charge in [0.05, 0.1) is 18.0 Å². The average molecular weight is 906 g/mol. The molecule has 2 saturated heterocycles. The Hall–Kier alpha value is -2.19. The van der Waals surface area contributed by atoms with Crippen LogP contribution in [0.25, 0.3) is 6.08 Å². The first-order valence-electron chi connectivity index (χ1n) is 22.4. The second-order valence-electron chi connectivity index (χ2n) is 22.2. The second kappa shape index (κ2) is 21.9. The van der Waals surface area contributed by atoms with Crippen molar-refractivity contribution in [3.05, 3.63) is 50.6 Å². The minimum atomic E-state index is -1.78. The minimum Gasteiger partial charge on any atom is -0.417 e. The Morgan fingerprint density at radius 1 is 0.633 bits per heavy atom. The van der Waals surface area contributed by atoms with Gasteiger partial charge in [0.2, 0.25) is 0 Å². The van der Waals surface area contributed by atoms with Crippen LogP contribution in [0.2, 0.25) is 87.6 Å². The molecule has 0 unspecified atom stereocenters. The van der Waals surface area contributed by atoms with E-state index in [0.29, 0.717) is 38.2 Å². The third kappa shape index (κ3) is 16.8. The lowest BCUT2D eigenvalue weighted by molar-refractivity contribution is 0.0843. The van der Waals surface area contributed by atoms with Crippen LogP contribution in [0.1, 0.15) is 72.2 Å². The zero-order chi connectivity index (χ0) is 45.2. The van der Waals surface area contributed by atoms with Crippen molar-refractivity contribution in [2.75, 3.05) is 62.4 Å². The van der Waals surface area contributed by atoms with Crippen LogP contribution in [0.4, 0.5) is 11.6 Å². The van der Waals surface area contributed by atoms with Gasteiger partial charge in [-0.3, -0.25) is 18.7 Å². The number of rotatable bonds is 21. The topological polar surface area (TPSA) is 113 Å². The van der Waals surface area contributed by atoms with Gasteiger partial charge in [-0.25, -0.2) is 9.97 Å². The van der Waals surface area contributed by atoms with Gasteiger partial charge in [0.25, 0.3) is 11.1 Å². The van der Waals surface area contributed by atoms with E-state index in [0.717, 1.165) is 81.9 Å². The summed E-state index contributed by atoms with van der Waals surface area (Å²) in [5, 5.41) is 0.403. The summed E-state index contributed by atoms with van der Waals surface area (Å²) in [6.45, 7) is 43.4. The van der Waals surface area contributed by atoms with Crippen LogP contribution in [0.5, 0.6) is 0 Å². The third-order valence-corrected chi connectivity index (χ3v) is 24.7. The first-order valence-corrected chi connectivity index (χ1v) is 35.7. The normalized spacial score (nSPS) is 15.5. The summed E-state index contributed by atoms with van der Waals surface area (Å²) in [6.07, 6.45) is 11.6. The Bertz CT molecular complexity index is 1800. The summed E-state index contributed by atoms with van der Waals surface area (Å²) in [5.41, 5.74) is 1.61. The van der Waals surface area contributed by atoms with E-state index in [2.05, 4.69) is 117 Å². The third-order valence-electron chi connectivity index (χ3n) is 12.2. The molecule has 2 aliphatic heterocycles. The van der Waals surface area contributed by atoms with Crippen molar-refractivity contribution < 1.29 is 18.3 Å². The standard InChI is InChI=1S/C22H43N3O3Si2.C22H41N3O3Si2/c2*1-22(2,3)30(7,8)28-14-9-11-19-17-25(18-27-15-16-29(4,5)6)21(26)20(23-19)24-12-10-13-24/h17H,9-16,18H2,1-8H3;9,11,17H,10,12-16,18H2,1-8H3/b;11-9+. The van der Waals surface area contributed by atoms with Gasteiger partial charge in [0, 0.05) is 74.5 Å². The largest absolute Gasteiger partial charge is 0.417 e. The smallest absolute Gasteiger partial charge is 0.295 e. The van der Waals surface area contributed by atoms with Crippen molar-refractivity contribution in [3.63, 3.8) is 0 Å². The Balaban J connectivity index is 0.000000320. The predicted molar refractivity (Wildman–Crippen MR) is 263 cm³/mol. The zero-order valence-electron chi connectivity index (χ0n) is 40.8. The van der Waals surface area contributed by atoms with Crippen LogP contribution >= 0.6 is 0 Å². The van der Waals surface area contributed by atoms with Gasteiger partial charge in [0.15, 0.2) is 28.3 Å². The summed E-state index contributed by atoms with van der Waals surface area (Å²) < 4.78 is 27.6. The molecule has 0 saturated carbocycles. The Labute approximate surface area is 367 Å². The van der Waals surface area contributed by atoms with Crippen molar-refractivity contribution in [3.8, 4) is 0 Å². The number of aromatic nitrogens is 4. The van der Waals surface area contributed by atoms with Crippen LogP contribution in [-0.2, 0) is 38.2 Å². The second-order valence-corrected chi connectivity index (χ2v) is 43.0. The molecule has 60 heavy (non-hydrogen) atoms. The molecule has 0 radical (unpaired) electrons. The fraction of sp³-hybridized carbons (Fsp3) is 0.773. The van der Waals surface area contributed by atoms with E-state index >= 15 is 0 Å². The van der Waals surface area contributed by atoms with Crippen molar-refractivity contribution >= 4 is 50.5 Å². The maximum absolute atomic E-state index is 12.9. The molecule has 0 atom stereocenters. The zero-order valence-corrected chi connectivity index (χ0v) is 44.8. The van der Waals surface area contributed by atoms with Crippen LogP contribution in [0, 0.1) is 0 Å². The van der Waals surface area contributed by atoms with Gasteiger partial charge in [-0.2, -0.15) is 0 Å². The van der Waals surface area contributed by atoms with Crippen LogP contribution in [0.3, 0.4) is 0 Å². The highest BCUT2D eigenvalue weighted by atomic mass is 28.4. The van der Waals surface area contributed by atoms with Gasteiger partial charge < -0.3 is 28.1 Å². The van der Waals surface area contributed by atoms with Crippen molar-refractivity contribution in [2.45, 2.75) is 168 Å². The maximum atomic E-state index is 12.9. The molecule has 12 nitrogen and oxygen atoms in total. The molecule has 0 N–H and O–H groups in total. The van der Waals surface area contributed by atoms with E-state index in [1.807, 2.05) is 23.2 Å². The molecule has 16 heteroatoms. The molecule has 4 rings (SSSR count). The molecular weight excluding hydrogens is 821 g/mol. The maximum Gasteiger partial charge on any atom is 0.295 e. The van der Waals surface area contributed by atoms with E-state index in [1.165, 1.54) is 0 Å². The van der Waals surface area contributed by atoms with Gasteiger partial charge in [-0.1, -0.05) is 86.9 Å². The number of hydrogen-bond acceptors (Lipinski definition) is 10. The monoisotopic (exact) mass is 905 g/mol. The summed E-state index contributed by atoms with van der Waals surface area (Å²) in [5.74, 6) is 1.11. The lowest BCUT2D eigenvalue weighted by Crippen LogP contribution is -2.43. The molecule has 342 valence electrons. The molecule has 0 aromatic carbocycles. The molecular formula is C44H84N6O6Si4. The van der Waals surface area contributed by atoms with Gasteiger partial charge in [0.1, 0.15) is 13.5 Å². The molecule has 0 bridgehead atoms. The van der Waals surface area contributed by atoms with Crippen LogP contribution in [-0.4, -0.2) is 104 Å². The van der Waals surface area contributed by atoms with Gasteiger partial charge in [-0.15, -0.1) is 0 Å². The highest BCUT2D eigenvalue weighted by Gasteiger charge is 2.37. The molecule has 0 aliphatic carbocycles. The van der Waals surface area contributed by atoms with E-state index in [4.69, 9.17) is 23.3 Å². The van der Waals surface area contributed by atoms with E-state index in [-0.39, 0.29) is 27.9 Å². The molecule has 0 amide bonds.